The second kappa shape index (κ2) is 5.04. The van der Waals surface area contributed by atoms with E-state index < -0.39 is 0 Å². The topological polar surface area (TPSA) is 20.2 Å². The molecule has 1 aliphatic rings. The summed E-state index contributed by atoms with van der Waals surface area (Å²) in [5, 5.41) is 9.81. The first-order valence-corrected chi connectivity index (χ1v) is 6.70. The molecular weight excluding hydrogens is 204 g/mol. The van der Waals surface area contributed by atoms with Gasteiger partial charge in [0, 0.05) is 10.8 Å². The van der Waals surface area contributed by atoms with Gasteiger partial charge in [0.1, 0.15) is 0 Å². The highest BCUT2D eigenvalue weighted by molar-refractivity contribution is 7.99. The highest BCUT2D eigenvalue weighted by atomic mass is 32.2. The van der Waals surface area contributed by atoms with E-state index in [1.807, 2.05) is 11.8 Å². The summed E-state index contributed by atoms with van der Waals surface area (Å²) in [6.45, 7) is 2.17. The molecule has 2 atom stereocenters. The van der Waals surface area contributed by atoms with E-state index >= 15 is 0 Å². The summed E-state index contributed by atoms with van der Waals surface area (Å²) in [6, 6.07) is 8.71. The van der Waals surface area contributed by atoms with Crippen LogP contribution < -0.4 is 0 Å². The molecule has 15 heavy (non-hydrogen) atoms. The third kappa shape index (κ3) is 2.56. The molecule has 1 saturated carbocycles. The Morgan fingerprint density at radius 3 is 2.53 bits per heavy atom. The van der Waals surface area contributed by atoms with Crippen LogP contribution in [0.4, 0.5) is 0 Å². The van der Waals surface area contributed by atoms with Crippen LogP contribution in [0.15, 0.2) is 29.2 Å². The van der Waals surface area contributed by atoms with Crippen molar-refractivity contribution in [3.63, 3.8) is 0 Å². The van der Waals surface area contributed by atoms with E-state index in [1.165, 1.54) is 10.5 Å². The number of hydrogen-bond donors (Lipinski definition) is 1. The number of thioether (sulfide) groups is 1. The first-order valence-electron chi connectivity index (χ1n) is 5.72. The standard InChI is InChI=1S/C13H18OS/c1-2-15-11-8-6-10(7-9-11)12-4-3-5-13(12)14/h6-9,12-14H,2-5H2,1H3/t12-,13-/m0/s1. The predicted molar refractivity (Wildman–Crippen MR) is 65.4 cm³/mol. The highest BCUT2D eigenvalue weighted by Crippen LogP contribution is 2.35. The average molecular weight is 222 g/mol. The van der Waals surface area contributed by atoms with Gasteiger partial charge in [-0.1, -0.05) is 25.5 Å². The van der Waals surface area contributed by atoms with Crippen LogP contribution in [-0.4, -0.2) is 17.0 Å². The highest BCUT2D eigenvalue weighted by Gasteiger charge is 2.26. The summed E-state index contributed by atoms with van der Waals surface area (Å²) < 4.78 is 0. The number of aliphatic hydroxyl groups is 1. The fourth-order valence-electron chi connectivity index (χ4n) is 2.31. The maximum atomic E-state index is 9.81. The van der Waals surface area contributed by atoms with Crippen LogP contribution in [-0.2, 0) is 0 Å². The third-order valence-corrected chi connectivity index (χ3v) is 3.99. The van der Waals surface area contributed by atoms with Gasteiger partial charge in [0.05, 0.1) is 6.10 Å². The van der Waals surface area contributed by atoms with E-state index in [0.29, 0.717) is 5.92 Å². The van der Waals surface area contributed by atoms with Gasteiger partial charge in [-0.25, -0.2) is 0 Å². The molecule has 1 nitrogen and oxygen atoms in total. The first kappa shape index (κ1) is 11.0. The monoisotopic (exact) mass is 222 g/mol. The Morgan fingerprint density at radius 2 is 2.00 bits per heavy atom. The zero-order valence-corrected chi connectivity index (χ0v) is 9.96. The number of hydrogen-bond acceptors (Lipinski definition) is 2. The Morgan fingerprint density at radius 1 is 1.27 bits per heavy atom. The smallest absolute Gasteiger partial charge is 0.0608 e. The Hall–Kier alpha value is -0.470. The lowest BCUT2D eigenvalue weighted by Gasteiger charge is -2.14. The maximum absolute atomic E-state index is 9.81. The van der Waals surface area contributed by atoms with Crippen LogP contribution in [0.25, 0.3) is 0 Å². The normalized spacial score (nSPS) is 25.7. The Labute approximate surface area is 95.9 Å². The fraction of sp³-hybridized carbons (Fsp3) is 0.538. The number of aliphatic hydroxyl groups excluding tert-OH is 1. The van der Waals surface area contributed by atoms with Crippen molar-refractivity contribution >= 4 is 11.8 Å². The van der Waals surface area contributed by atoms with Gasteiger partial charge in [-0.3, -0.25) is 0 Å². The van der Waals surface area contributed by atoms with Crippen molar-refractivity contribution in [1.82, 2.24) is 0 Å². The van der Waals surface area contributed by atoms with Gasteiger partial charge in [-0.15, -0.1) is 11.8 Å². The van der Waals surface area contributed by atoms with Gasteiger partial charge >= 0.3 is 0 Å². The molecule has 0 radical (unpaired) electrons. The minimum Gasteiger partial charge on any atom is -0.392 e. The third-order valence-electron chi connectivity index (χ3n) is 3.10. The molecule has 0 aliphatic heterocycles. The predicted octanol–water partition coefficient (Wildman–Crippen LogP) is 3.43. The molecule has 0 saturated heterocycles. The molecule has 0 spiro atoms. The molecule has 1 aromatic rings. The van der Waals surface area contributed by atoms with Crippen molar-refractivity contribution in [2.45, 2.75) is 43.1 Å². The van der Waals surface area contributed by atoms with Crippen molar-refractivity contribution in [2.24, 2.45) is 0 Å². The molecule has 0 aromatic heterocycles. The Bertz CT molecular complexity index is 307. The first-order chi connectivity index (χ1) is 7.31. The van der Waals surface area contributed by atoms with E-state index in [-0.39, 0.29) is 6.10 Å². The summed E-state index contributed by atoms with van der Waals surface area (Å²) >= 11 is 1.86. The summed E-state index contributed by atoms with van der Waals surface area (Å²) in [5.74, 6) is 1.50. The lowest BCUT2D eigenvalue weighted by Crippen LogP contribution is -2.10. The molecule has 82 valence electrons. The van der Waals surface area contributed by atoms with E-state index in [9.17, 15) is 5.11 Å². The van der Waals surface area contributed by atoms with Gasteiger partial charge < -0.3 is 5.11 Å². The van der Waals surface area contributed by atoms with Crippen LogP contribution in [0.2, 0.25) is 0 Å². The lowest BCUT2D eigenvalue weighted by atomic mass is 9.96. The molecule has 1 fully saturated rings. The summed E-state index contributed by atoms with van der Waals surface area (Å²) in [6.07, 6.45) is 3.16. The van der Waals surface area contributed by atoms with E-state index in [0.717, 1.165) is 25.0 Å². The molecule has 2 heteroatoms. The van der Waals surface area contributed by atoms with Crippen molar-refractivity contribution < 1.29 is 5.11 Å². The fourth-order valence-corrected chi connectivity index (χ4v) is 2.97. The van der Waals surface area contributed by atoms with Gasteiger partial charge in [0.25, 0.3) is 0 Å². The quantitative estimate of drug-likeness (QED) is 0.791. The Kier molecular flexibility index (Phi) is 3.71. The molecular formula is C13H18OS. The zero-order chi connectivity index (χ0) is 10.7. The van der Waals surface area contributed by atoms with Crippen molar-refractivity contribution in [3.05, 3.63) is 29.8 Å². The number of rotatable bonds is 3. The minimum atomic E-state index is -0.116. The minimum absolute atomic E-state index is 0.116. The van der Waals surface area contributed by atoms with Crippen LogP contribution in [0.3, 0.4) is 0 Å². The summed E-state index contributed by atoms with van der Waals surface area (Å²) in [4.78, 5) is 1.33. The molecule has 0 amide bonds. The molecule has 1 aromatic carbocycles. The van der Waals surface area contributed by atoms with E-state index in [2.05, 4.69) is 31.2 Å². The van der Waals surface area contributed by atoms with Gasteiger partial charge in [0.15, 0.2) is 0 Å². The van der Waals surface area contributed by atoms with Crippen LogP contribution in [0.5, 0.6) is 0 Å². The maximum Gasteiger partial charge on any atom is 0.0608 e. The second-order valence-electron chi connectivity index (χ2n) is 4.11. The summed E-state index contributed by atoms with van der Waals surface area (Å²) in [5.41, 5.74) is 1.31. The van der Waals surface area contributed by atoms with Crippen molar-refractivity contribution in [1.29, 1.82) is 0 Å². The summed E-state index contributed by atoms with van der Waals surface area (Å²) in [7, 11) is 0. The molecule has 2 rings (SSSR count). The molecule has 1 N–H and O–H groups in total. The lowest BCUT2D eigenvalue weighted by molar-refractivity contribution is 0.164. The second-order valence-corrected chi connectivity index (χ2v) is 5.44. The Balaban J connectivity index is 2.09. The van der Waals surface area contributed by atoms with Crippen LogP contribution in [0, 0.1) is 0 Å². The van der Waals surface area contributed by atoms with Crippen LogP contribution in [0.1, 0.15) is 37.7 Å². The SMILES string of the molecule is CCSc1ccc([C@@H]2CCC[C@@H]2O)cc1. The van der Waals surface area contributed by atoms with Gasteiger partial charge in [0.2, 0.25) is 0 Å². The van der Waals surface area contributed by atoms with E-state index in [4.69, 9.17) is 0 Å². The molecule has 1 aliphatic carbocycles. The molecule has 0 bridgehead atoms. The van der Waals surface area contributed by atoms with Gasteiger partial charge in [-0.05, 0) is 36.3 Å². The van der Waals surface area contributed by atoms with E-state index in [1.54, 1.807) is 0 Å². The van der Waals surface area contributed by atoms with Crippen molar-refractivity contribution in [2.75, 3.05) is 5.75 Å². The van der Waals surface area contributed by atoms with Crippen LogP contribution >= 0.6 is 11.8 Å². The molecule has 0 heterocycles. The number of benzene rings is 1. The van der Waals surface area contributed by atoms with Gasteiger partial charge in [-0.2, -0.15) is 0 Å². The average Bonchev–Trinajstić information content (AvgIpc) is 2.66. The largest absolute Gasteiger partial charge is 0.392 e. The zero-order valence-electron chi connectivity index (χ0n) is 9.15. The molecule has 0 unspecified atom stereocenters. The van der Waals surface area contributed by atoms with Crippen molar-refractivity contribution in [3.8, 4) is 0 Å².